The Hall–Kier alpha value is -1.40. The molecule has 1 aliphatic heterocycles. The second-order valence-electron chi connectivity index (χ2n) is 5.72. The lowest BCUT2D eigenvalue weighted by atomic mass is 10.2. The number of nitrogens with two attached hydrogens (primary N) is 1. The Bertz CT molecular complexity index is 477. The van der Waals surface area contributed by atoms with Crippen LogP contribution in [-0.4, -0.2) is 47.6 Å². The van der Waals surface area contributed by atoms with Crippen molar-refractivity contribution in [3.8, 4) is 0 Å². The van der Waals surface area contributed by atoms with Gasteiger partial charge in [-0.3, -0.25) is 0 Å². The summed E-state index contributed by atoms with van der Waals surface area (Å²) in [5.41, 5.74) is 3.79. The van der Waals surface area contributed by atoms with Crippen LogP contribution in [-0.2, 0) is 0 Å². The number of aromatic nitrogens is 2. The van der Waals surface area contributed by atoms with E-state index in [0.29, 0.717) is 5.92 Å². The van der Waals surface area contributed by atoms with Crippen LogP contribution < -0.4 is 16.2 Å². The van der Waals surface area contributed by atoms with Gasteiger partial charge in [-0.1, -0.05) is 6.92 Å². The number of piperazine rings is 1. The highest BCUT2D eigenvalue weighted by Gasteiger charge is 2.29. The average molecular weight is 276 g/mol. The van der Waals surface area contributed by atoms with Crippen molar-refractivity contribution < 1.29 is 0 Å². The van der Waals surface area contributed by atoms with Crippen LogP contribution in [0, 0.1) is 6.92 Å². The molecule has 0 bridgehead atoms. The third kappa shape index (κ3) is 2.58. The average Bonchev–Trinajstić information content (AvgIpc) is 3.32. The lowest BCUT2D eigenvalue weighted by molar-refractivity contribution is 0.270. The Kier molecular flexibility index (Phi) is 3.76. The molecule has 20 heavy (non-hydrogen) atoms. The molecule has 1 aromatic rings. The summed E-state index contributed by atoms with van der Waals surface area (Å²) in [4.78, 5) is 14.2. The fourth-order valence-corrected chi connectivity index (χ4v) is 2.77. The van der Waals surface area contributed by atoms with Crippen LogP contribution in [0.1, 0.15) is 37.1 Å². The summed E-state index contributed by atoms with van der Waals surface area (Å²) in [6, 6.07) is 0. The maximum Gasteiger partial charge on any atom is 0.148 e. The molecule has 6 nitrogen and oxygen atoms in total. The molecule has 0 atom stereocenters. The number of hydrogen-bond acceptors (Lipinski definition) is 6. The van der Waals surface area contributed by atoms with Crippen molar-refractivity contribution in [1.29, 1.82) is 0 Å². The number of hydrazine groups is 1. The summed E-state index contributed by atoms with van der Waals surface area (Å²) in [6.45, 7) is 9.65. The number of nitrogen functional groups attached to an aromatic ring is 1. The molecule has 0 unspecified atom stereocenters. The summed E-state index contributed by atoms with van der Waals surface area (Å²) in [5.74, 6) is 8.94. The Labute approximate surface area is 120 Å². The minimum absolute atomic E-state index is 0.540. The van der Waals surface area contributed by atoms with Gasteiger partial charge in [0.25, 0.3) is 0 Å². The fourth-order valence-electron chi connectivity index (χ4n) is 2.77. The molecule has 110 valence electrons. The van der Waals surface area contributed by atoms with Crippen LogP contribution in [0.4, 0.5) is 11.6 Å². The van der Waals surface area contributed by atoms with Crippen molar-refractivity contribution in [2.24, 2.45) is 5.84 Å². The largest absolute Gasteiger partial charge is 0.354 e. The standard InChI is InChI=1S/C14H24N6/c1-3-19-6-8-20(9-7-19)14-10(2)12(18-15)16-13(17-14)11-4-5-11/h11H,3-9,15H2,1-2H3,(H,16,17,18). The van der Waals surface area contributed by atoms with Gasteiger partial charge in [0.05, 0.1) is 0 Å². The topological polar surface area (TPSA) is 70.3 Å². The zero-order chi connectivity index (χ0) is 14.1. The molecule has 6 heteroatoms. The molecule has 1 saturated heterocycles. The summed E-state index contributed by atoms with van der Waals surface area (Å²) in [5, 5.41) is 0. The molecule has 2 heterocycles. The monoisotopic (exact) mass is 276 g/mol. The van der Waals surface area contributed by atoms with Crippen molar-refractivity contribution in [2.45, 2.75) is 32.6 Å². The van der Waals surface area contributed by atoms with Crippen LogP contribution in [0.2, 0.25) is 0 Å². The van der Waals surface area contributed by atoms with E-state index in [1.165, 1.54) is 12.8 Å². The summed E-state index contributed by atoms with van der Waals surface area (Å²) < 4.78 is 0. The molecule has 1 aromatic heterocycles. The zero-order valence-corrected chi connectivity index (χ0v) is 12.4. The first-order valence-electron chi connectivity index (χ1n) is 7.55. The molecular weight excluding hydrogens is 252 g/mol. The van der Waals surface area contributed by atoms with E-state index in [1.807, 2.05) is 6.92 Å². The van der Waals surface area contributed by atoms with Gasteiger partial charge in [-0.15, -0.1) is 0 Å². The highest BCUT2D eigenvalue weighted by atomic mass is 15.3. The second-order valence-corrected chi connectivity index (χ2v) is 5.72. The van der Waals surface area contributed by atoms with E-state index < -0.39 is 0 Å². The smallest absolute Gasteiger partial charge is 0.148 e. The van der Waals surface area contributed by atoms with Crippen molar-refractivity contribution >= 4 is 11.6 Å². The van der Waals surface area contributed by atoms with Gasteiger partial charge in [0.1, 0.15) is 17.5 Å². The summed E-state index contributed by atoms with van der Waals surface area (Å²) >= 11 is 0. The SMILES string of the molecule is CCN1CCN(c2nc(C3CC3)nc(NN)c2C)CC1. The maximum absolute atomic E-state index is 5.62. The van der Waals surface area contributed by atoms with Crippen molar-refractivity contribution in [2.75, 3.05) is 43.0 Å². The van der Waals surface area contributed by atoms with E-state index in [9.17, 15) is 0 Å². The van der Waals surface area contributed by atoms with Crippen LogP contribution in [0.5, 0.6) is 0 Å². The molecule has 1 saturated carbocycles. The van der Waals surface area contributed by atoms with Gasteiger partial charge in [-0.05, 0) is 26.3 Å². The predicted octanol–water partition coefficient (Wildman–Crippen LogP) is 1.09. The highest BCUT2D eigenvalue weighted by Crippen LogP contribution is 2.40. The predicted molar refractivity (Wildman–Crippen MR) is 80.9 cm³/mol. The van der Waals surface area contributed by atoms with Gasteiger partial charge in [-0.25, -0.2) is 15.8 Å². The number of likely N-dealkylation sites (N-methyl/N-ethyl adjacent to an activating group) is 1. The normalized spacial score (nSPS) is 20.2. The van der Waals surface area contributed by atoms with Crippen molar-refractivity contribution in [3.63, 3.8) is 0 Å². The number of nitrogens with zero attached hydrogens (tertiary/aromatic N) is 4. The van der Waals surface area contributed by atoms with Gasteiger partial charge < -0.3 is 15.2 Å². The fraction of sp³-hybridized carbons (Fsp3) is 0.714. The molecule has 0 aromatic carbocycles. The summed E-state index contributed by atoms with van der Waals surface area (Å²) in [6.07, 6.45) is 2.41. The van der Waals surface area contributed by atoms with Gasteiger partial charge in [0, 0.05) is 37.7 Å². The molecule has 2 aliphatic rings. The van der Waals surface area contributed by atoms with Gasteiger partial charge >= 0.3 is 0 Å². The number of nitrogens with one attached hydrogen (secondary N) is 1. The molecule has 3 N–H and O–H groups in total. The zero-order valence-electron chi connectivity index (χ0n) is 12.4. The lowest BCUT2D eigenvalue weighted by Crippen LogP contribution is -2.46. The minimum atomic E-state index is 0.540. The van der Waals surface area contributed by atoms with E-state index >= 15 is 0 Å². The lowest BCUT2D eigenvalue weighted by Gasteiger charge is -2.35. The third-order valence-electron chi connectivity index (χ3n) is 4.34. The van der Waals surface area contributed by atoms with E-state index in [-0.39, 0.29) is 0 Å². The number of rotatable bonds is 4. The third-order valence-corrected chi connectivity index (χ3v) is 4.34. The van der Waals surface area contributed by atoms with Crippen molar-refractivity contribution in [1.82, 2.24) is 14.9 Å². The maximum atomic E-state index is 5.62. The van der Waals surface area contributed by atoms with E-state index in [0.717, 1.165) is 55.7 Å². The Morgan fingerprint density at radius 3 is 2.45 bits per heavy atom. The minimum Gasteiger partial charge on any atom is -0.354 e. The Morgan fingerprint density at radius 1 is 1.20 bits per heavy atom. The molecule has 3 rings (SSSR count). The number of hydrogen-bond donors (Lipinski definition) is 2. The summed E-state index contributed by atoms with van der Waals surface area (Å²) in [7, 11) is 0. The highest BCUT2D eigenvalue weighted by molar-refractivity contribution is 5.58. The molecule has 1 aliphatic carbocycles. The molecular formula is C14H24N6. The van der Waals surface area contributed by atoms with Crippen LogP contribution in [0.15, 0.2) is 0 Å². The van der Waals surface area contributed by atoms with E-state index in [2.05, 4.69) is 27.1 Å². The molecule has 0 spiro atoms. The Morgan fingerprint density at radius 2 is 1.90 bits per heavy atom. The molecule has 0 radical (unpaired) electrons. The van der Waals surface area contributed by atoms with E-state index in [4.69, 9.17) is 10.8 Å². The molecule has 0 amide bonds. The van der Waals surface area contributed by atoms with Gasteiger partial charge in [-0.2, -0.15) is 0 Å². The van der Waals surface area contributed by atoms with Crippen LogP contribution in [0.3, 0.4) is 0 Å². The first kappa shape index (κ1) is 13.6. The van der Waals surface area contributed by atoms with Crippen LogP contribution >= 0.6 is 0 Å². The molecule has 2 fully saturated rings. The Balaban J connectivity index is 1.86. The quantitative estimate of drug-likeness (QED) is 0.634. The van der Waals surface area contributed by atoms with E-state index in [1.54, 1.807) is 0 Å². The first-order chi connectivity index (χ1) is 9.72. The van der Waals surface area contributed by atoms with Crippen LogP contribution in [0.25, 0.3) is 0 Å². The van der Waals surface area contributed by atoms with Gasteiger partial charge in [0.15, 0.2) is 0 Å². The van der Waals surface area contributed by atoms with Crippen molar-refractivity contribution in [3.05, 3.63) is 11.4 Å². The first-order valence-corrected chi connectivity index (χ1v) is 7.55. The van der Waals surface area contributed by atoms with Gasteiger partial charge in [0.2, 0.25) is 0 Å². The number of anilines is 2. The second kappa shape index (κ2) is 5.54.